The van der Waals surface area contributed by atoms with Gasteiger partial charge in [0.05, 0.1) is 12.6 Å². The van der Waals surface area contributed by atoms with E-state index in [-0.39, 0.29) is 5.91 Å². The molecule has 2 heterocycles. The van der Waals surface area contributed by atoms with Crippen molar-refractivity contribution in [1.82, 2.24) is 4.90 Å². The molecule has 9 heavy (non-hydrogen) atoms. The van der Waals surface area contributed by atoms with Gasteiger partial charge in [-0.25, -0.2) is 0 Å². The van der Waals surface area contributed by atoms with Crippen molar-refractivity contribution in [3.63, 3.8) is 0 Å². The highest BCUT2D eigenvalue weighted by molar-refractivity contribution is 5.78. The number of nitrogens with zero attached hydrogens (tertiary/aromatic N) is 1. The average molecular weight is 127 g/mol. The van der Waals surface area contributed by atoms with Gasteiger partial charge in [0.1, 0.15) is 6.73 Å². The number of amides is 1. The first-order valence-electron chi connectivity index (χ1n) is 3.25. The van der Waals surface area contributed by atoms with Crippen LogP contribution in [-0.4, -0.2) is 30.2 Å². The molecule has 2 aliphatic rings. The number of hydrogen-bond acceptors (Lipinski definition) is 2. The Kier molecular flexibility index (Phi) is 0.990. The van der Waals surface area contributed by atoms with Crippen LogP contribution in [0.15, 0.2) is 0 Å². The second kappa shape index (κ2) is 1.70. The zero-order valence-electron chi connectivity index (χ0n) is 5.17. The molecule has 2 saturated heterocycles. The van der Waals surface area contributed by atoms with Crippen molar-refractivity contribution >= 4 is 5.91 Å². The highest BCUT2D eigenvalue weighted by Gasteiger charge is 2.34. The van der Waals surface area contributed by atoms with Crippen LogP contribution in [0.2, 0.25) is 0 Å². The van der Waals surface area contributed by atoms with Gasteiger partial charge < -0.3 is 9.64 Å². The molecule has 0 radical (unpaired) electrons. The number of hydrogen-bond donors (Lipinski definition) is 0. The quantitative estimate of drug-likeness (QED) is 0.457. The molecule has 50 valence electrons. The topological polar surface area (TPSA) is 29.5 Å². The Hall–Kier alpha value is -0.570. The summed E-state index contributed by atoms with van der Waals surface area (Å²) in [5.41, 5.74) is 0. The van der Waals surface area contributed by atoms with Crippen molar-refractivity contribution in [2.45, 2.75) is 18.9 Å². The van der Waals surface area contributed by atoms with Gasteiger partial charge in [-0.05, 0) is 6.42 Å². The van der Waals surface area contributed by atoms with Gasteiger partial charge in [-0.3, -0.25) is 4.79 Å². The first-order chi connectivity index (χ1) is 4.38. The summed E-state index contributed by atoms with van der Waals surface area (Å²) in [5, 5.41) is 0. The molecule has 0 spiro atoms. The van der Waals surface area contributed by atoms with E-state index in [1.807, 2.05) is 4.90 Å². The van der Waals surface area contributed by atoms with Gasteiger partial charge in [0.15, 0.2) is 0 Å². The van der Waals surface area contributed by atoms with Crippen LogP contribution in [0.4, 0.5) is 0 Å². The first-order valence-corrected chi connectivity index (χ1v) is 3.25. The average Bonchev–Trinajstić information content (AvgIpc) is 2.35. The lowest BCUT2D eigenvalue weighted by Gasteiger charge is -2.10. The standard InChI is InChI=1S/C6H9NO2/c8-6-2-1-5-3-9-4-7(5)6/h5H,1-4H2/t5-/m0/s1. The molecule has 2 fully saturated rings. The van der Waals surface area contributed by atoms with E-state index in [4.69, 9.17) is 4.74 Å². The van der Waals surface area contributed by atoms with Gasteiger partial charge in [0.25, 0.3) is 0 Å². The minimum absolute atomic E-state index is 0.262. The normalized spacial score (nSPS) is 33.6. The SMILES string of the molecule is O=C1CC[C@H]2COCN12. The maximum absolute atomic E-state index is 10.9. The summed E-state index contributed by atoms with van der Waals surface area (Å²) >= 11 is 0. The van der Waals surface area contributed by atoms with Crippen LogP contribution in [0.3, 0.4) is 0 Å². The number of carbonyl (C=O) groups excluding carboxylic acids is 1. The fourth-order valence-electron chi connectivity index (χ4n) is 1.43. The van der Waals surface area contributed by atoms with Gasteiger partial charge in [-0.15, -0.1) is 0 Å². The van der Waals surface area contributed by atoms with E-state index in [1.165, 1.54) is 0 Å². The molecule has 0 saturated carbocycles. The molecule has 0 aromatic heterocycles. The highest BCUT2D eigenvalue weighted by Crippen LogP contribution is 2.22. The molecular formula is C6H9NO2. The minimum atomic E-state index is 0.262. The summed E-state index contributed by atoms with van der Waals surface area (Å²) in [4.78, 5) is 12.7. The molecule has 1 amide bonds. The van der Waals surface area contributed by atoms with E-state index in [9.17, 15) is 4.79 Å². The number of carbonyl (C=O) groups is 1. The minimum Gasteiger partial charge on any atom is -0.359 e. The lowest BCUT2D eigenvalue weighted by molar-refractivity contribution is -0.129. The molecule has 0 aliphatic carbocycles. The molecule has 3 heteroatoms. The van der Waals surface area contributed by atoms with E-state index in [1.54, 1.807) is 0 Å². The summed E-state index contributed by atoms with van der Waals surface area (Å²) in [5.74, 6) is 0.262. The Morgan fingerprint density at radius 3 is 3.33 bits per heavy atom. The third-order valence-electron chi connectivity index (χ3n) is 1.99. The van der Waals surface area contributed by atoms with Crippen LogP contribution in [-0.2, 0) is 9.53 Å². The van der Waals surface area contributed by atoms with Crippen LogP contribution >= 0.6 is 0 Å². The van der Waals surface area contributed by atoms with E-state index in [2.05, 4.69) is 0 Å². The van der Waals surface area contributed by atoms with Gasteiger partial charge >= 0.3 is 0 Å². The Balaban J connectivity index is 2.15. The summed E-state index contributed by atoms with van der Waals surface area (Å²) in [6, 6.07) is 0.414. The smallest absolute Gasteiger partial charge is 0.224 e. The van der Waals surface area contributed by atoms with Gasteiger partial charge in [0, 0.05) is 6.42 Å². The van der Waals surface area contributed by atoms with Crippen molar-refractivity contribution in [1.29, 1.82) is 0 Å². The van der Waals surface area contributed by atoms with E-state index >= 15 is 0 Å². The molecule has 0 aromatic carbocycles. The van der Waals surface area contributed by atoms with Crippen LogP contribution in [0.1, 0.15) is 12.8 Å². The zero-order valence-corrected chi connectivity index (χ0v) is 5.17. The Morgan fingerprint density at radius 1 is 1.67 bits per heavy atom. The van der Waals surface area contributed by atoms with Crippen molar-refractivity contribution in [3.8, 4) is 0 Å². The molecule has 0 aromatic rings. The second-order valence-electron chi connectivity index (χ2n) is 2.56. The second-order valence-corrected chi connectivity index (χ2v) is 2.56. The van der Waals surface area contributed by atoms with E-state index in [0.717, 1.165) is 19.4 Å². The zero-order chi connectivity index (χ0) is 6.27. The third kappa shape index (κ3) is 0.645. The van der Waals surface area contributed by atoms with Gasteiger partial charge in [-0.1, -0.05) is 0 Å². The van der Waals surface area contributed by atoms with Crippen LogP contribution < -0.4 is 0 Å². The summed E-state index contributed by atoms with van der Waals surface area (Å²) in [7, 11) is 0. The highest BCUT2D eigenvalue weighted by atomic mass is 16.5. The molecule has 0 N–H and O–H groups in total. The largest absolute Gasteiger partial charge is 0.359 e. The number of ether oxygens (including phenoxy) is 1. The van der Waals surface area contributed by atoms with Crippen LogP contribution in [0, 0.1) is 0 Å². The monoisotopic (exact) mass is 127 g/mol. The lowest BCUT2D eigenvalue weighted by Crippen LogP contribution is -2.27. The number of fused-ring (bicyclic) bond motifs is 1. The fraction of sp³-hybridized carbons (Fsp3) is 0.833. The molecular weight excluding hydrogens is 118 g/mol. The molecule has 0 bridgehead atoms. The van der Waals surface area contributed by atoms with Crippen molar-refractivity contribution in [3.05, 3.63) is 0 Å². The third-order valence-corrected chi connectivity index (χ3v) is 1.99. The Morgan fingerprint density at radius 2 is 2.56 bits per heavy atom. The molecule has 2 aliphatic heterocycles. The maximum Gasteiger partial charge on any atom is 0.224 e. The van der Waals surface area contributed by atoms with Gasteiger partial charge in [-0.2, -0.15) is 0 Å². The number of rotatable bonds is 0. The van der Waals surface area contributed by atoms with E-state index < -0.39 is 0 Å². The summed E-state index contributed by atoms with van der Waals surface area (Å²) in [6.07, 6.45) is 1.73. The summed E-state index contributed by atoms with van der Waals surface area (Å²) in [6.45, 7) is 1.29. The van der Waals surface area contributed by atoms with Crippen LogP contribution in [0.5, 0.6) is 0 Å². The molecule has 0 unspecified atom stereocenters. The summed E-state index contributed by atoms with van der Waals surface area (Å²) < 4.78 is 5.09. The molecule has 1 atom stereocenters. The predicted octanol–water partition coefficient (Wildman–Crippen LogP) is -0.0349. The molecule has 2 rings (SSSR count). The first kappa shape index (κ1) is 5.23. The maximum atomic E-state index is 10.9. The van der Waals surface area contributed by atoms with Crippen LogP contribution in [0.25, 0.3) is 0 Å². The van der Waals surface area contributed by atoms with E-state index in [0.29, 0.717) is 12.8 Å². The Bertz CT molecular complexity index is 146. The van der Waals surface area contributed by atoms with Crippen molar-refractivity contribution < 1.29 is 9.53 Å². The fourth-order valence-corrected chi connectivity index (χ4v) is 1.43. The van der Waals surface area contributed by atoms with Gasteiger partial charge in [0.2, 0.25) is 5.91 Å². The molecule has 3 nitrogen and oxygen atoms in total. The predicted molar refractivity (Wildman–Crippen MR) is 30.7 cm³/mol. The van der Waals surface area contributed by atoms with Crippen molar-refractivity contribution in [2.24, 2.45) is 0 Å². The van der Waals surface area contributed by atoms with Crippen molar-refractivity contribution in [2.75, 3.05) is 13.3 Å². The lowest BCUT2D eigenvalue weighted by atomic mass is 10.2. The Labute approximate surface area is 53.6 Å².